The van der Waals surface area contributed by atoms with E-state index >= 15 is 0 Å². The second-order valence-corrected chi connectivity index (χ2v) is 6.09. The molecule has 0 unspecified atom stereocenters. The van der Waals surface area contributed by atoms with Gasteiger partial charge in [0, 0.05) is 11.8 Å². The van der Waals surface area contributed by atoms with Crippen LogP contribution in [-0.2, 0) is 6.42 Å². The molecule has 2 aromatic rings. The molecule has 6 heteroatoms. The molecule has 0 aliphatic carbocycles. The van der Waals surface area contributed by atoms with E-state index in [2.05, 4.69) is 4.98 Å². The summed E-state index contributed by atoms with van der Waals surface area (Å²) in [5.41, 5.74) is 0.498. The molecular formula is C17H21NO5. The first-order valence-electron chi connectivity index (χ1n) is 7.41. The van der Waals surface area contributed by atoms with Crippen LogP contribution in [0, 0.1) is 0 Å². The van der Waals surface area contributed by atoms with Crippen molar-refractivity contribution in [3.8, 4) is 23.1 Å². The van der Waals surface area contributed by atoms with Gasteiger partial charge in [-0.15, -0.1) is 0 Å². The van der Waals surface area contributed by atoms with Crippen LogP contribution in [0.2, 0.25) is 0 Å². The predicted molar refractivity (Wildman–Crippen MR) is 85.8 cm³/mol. The number of fused-ring (bicyclic) bond motifs is 2. The van der Waals surface area contributed by atoms with Crippen molar-refractivity contribution in [1.29, 1.82) is 0 Å². The van der Waals surface area contributed by atoms with Crippen LogP contribution in [-0.4, -0.2) is 43.1 Å². The Balaban J connectivity index is 2.24. The number of methoxy groups -OCH3 is 3. The lowest BCUT2D eigenvalue weighted by Gasteiger charge is -2.24. The summed E-state index contributed by atoms with van der Waals surface area (Å²) in [5.74, 6) is 2.28. The first-order chi connectivity index (χ1) is 10.9. The van der Waals surface area contributed by atoms with Crippen LogP contribution in [0.3, 0.4) is 0 Å². The van der Waals surface area contributed by atoms with E-state index in [4.69, 9.17) is 18.9 Å². The molecular weight excluding hydrogens is 298 g/mol. The fraction of sp³-hybridized carbons (Fsp3) is 0.471. The number of ether oxygens (including phenoxy) is 4. The normalized spacial score (nSPS) is 16.9. The zero-order valence-electron chi connectivity index (χ0n) is 14.0. The largest absolute Gasteiger partial charge is 0.496 e. The Labute approximate surface area is 134 Å². The van der Waals surface area contributed by atoms with Gasteiger partial charge in [-0.2, -0.15) is 0 Å². The predicted octanol–water partition coefficient (Wildman–Crippen LogP) is 2.33. The molecule has 0 bridgehead atoms. The third-order valence-corrected chi connectivity index (χ3v) is 4.15. The Morgan fingerprint density at radius 2 is 1.83 bits per heavy atom. The average Bonchev–Trinajstić information content (AvgIpc) is 2.95. The van der Waals surface area contributed by atoms with E-state index in [1.807, 2.05) is 12.1 Å². The summed E-state index contributed by atoms with van der Waals surface area (Å²) in [6.45, 7) is 3.44. The number of nitrogens with zero attached hydrogens (tertiary/aromatic N) is 1. The molecule has 1 aliphatic heterocycles. The summed E-state index contributed by atoms with van der Waals surface area (Å²) >= 11 is 0. The Morgan fingerprint density at radius 3 is 2.39 bits per heavy atom. The van der Waals surface area contributed by atoms with Crippen molar-refractivity contribution in [3.05, 3.63) is 17.7 Å². The third-order valence-electron chi connectivity index (χ3n) is 4.15. The lowest BCUT2D eigenvalue weighted by atomic mass is 9.96. The second kappa shape index (κ2) is 5.45. The quantitative estimate of drug-likeness (QED) is 0.933. The highest BCUT2D eigenvalue weighted by atomic mass is 16.5. The van der Waals surface area contributed by atoms with Crippen molar-refractivity contribution < 1.29 is 24.1 Å². The minimum atomic E-state index is -0.973. The Morgan fingerprint density at radius 1 is 1.13 bits per heavy atom. The molecule has 0 spiro atoms. The van der Waals surface area contributed by atoms with Crippen molar-refractivity contribution >= 4 is 10.9 Å². The number of rotatable bonds is 4. The van der Waals surface area contributed by atoms with Gasteiger partial charge in [0.25, 0.3) is 0 Å². The molecule has 0 saturated carbocycles. The molecule has 0 saturated heterocycles. The van der Waals surface area contributed by atoms with E-state index in [0.29, 0.717) is 35.1 Å². The van der Waals surface area contributed by atoms with Crippen LogP contribution in [0.1, 0.15) is 19.4 Å². The summed E-state index contributed by atoms with van der Waals surface area (Å²) in [6.07, 6.45) is 0.169. The van der Waals surface area contributed by atoms with Crippen LogP contribution in [0.5, 0.6) is 23.1 Å². The van der Waals surface area contributed by atoms with Gasteiger partial charge in [-0.05, 0) is 26.0 Å². The first-order valence-corrected chi connectivity index (χ1v) is 7.41. The summed E-state index contributed by atoms with van der Waals surface area (Å²) in [4.78, 5) is 4.59. The van der Waals surface area contributed by atoms with Crippen LogP contribution in [0.4, 0.5) is 0 Å². The molecule has 0 amide bonds. The van der Waals surface area contributed by atoms with E-state index in [9.17, 15) is 5.11 Å². The van der Waals surface area contributed by atoms with Crippen molar-refractivity contribution in [1.82, 2.24) is 4.98 Å². The topological polar surface area (TPSA) is 70.0 Å². The van der Waals surface area contributed by atoms with E-state index in [-0.39, 0.29) is 6.10 Å². The highest BCUT2D eigenvalue weighted by molar-refractivity contribution is 5.94. The highest BCUT2D eigenvalue weighted by Crippen LogP contribution is 2.45. The van der Waals surface area contributed by atoms with E-state index in [0.717, 1.165) is 10.9 Å². The molecule has 6 nitrogen and oxygen atoms in total. The molecule has 2 heterocycles. The third kappa shape index (κ3) is 2.43. The minimum Gasteiger partial charge on any atom is -0.496 e. The zero-order chi connectivity index (χ0) is 16.8. The molecule has 0 fully saturated rings. The van der Waals surface area contributed by atoms with E-state index in [1.165, 1.54) is 0 Å². The standard InChI is InChI=1S/C17H21NO5/c1-17(2,19)12-8-10-14(21-4)9-6-7-11(20-3)15(22-5)13(9)18-16(10)23-12/h6-7,12,19H,8H2,1-5H3/t12-/m0/s1. The first kappa shape index (κ1) is 15.7. The van der Waals surface area contributed by atoms with Gasteiger partial charge in [0.2, 0.25) is 5.88 Å². The van der Waals surface area contributed by atoms with Gasteiger partial charge in [-0.3, -0.25) is 0 Å². The maximum Gasteiger partial charge on any atom is 0.221 e. The molecule has 23 heavy (non-hydrogen) atoms. The Bertz CT molecular complexity index is 751. The number of aromatic nitrogens is 1. The van der Waals surface area contributed by atoms with Crippen LogP contribution in [0.15, 0.2) is 12.1 Å². The fourth-order valence-corrected chi connectivity index (χ4v) is 2.90. The zero-order valence-corrected chi connectivity index (χ0v) is 14.0. The number of aliphatic hydroxyl groups is 1. The van der Waals surface area contributed by atoms with Crippen molar-refractivity contribution in [3.63, 3.8) is 0 Å². The molecule has 1 aliphatic rings. The molecule has 3 rings (SSSR count). The molecule has 1 N–H and O–H groups in total. The molecule has 1 aromatic carbocycles. The van der Waals surface area contributed by atoms with Crippen LogP contribution < -0.4 is 18.9 Å². The fourth-order valence-electron chi connectivity index (χ4n) is 2.90. The van der Waals surface area contributed by atoms with Crippen molar-refractivity contribution in [2.45, 2.75) is 32.0 Å². The van der Waals surface area contributed by atoms with E-state index < -0.39 is 5.60 Å². The average molecular weight is 319 g/mol. The number of hydrogen-bond donors (Lipinski definition) is 1. The molecule has 0 radical (unpaired) electrons. The Hall–Kier alpha value is -2.21. The van der Waals surface area contributed by atoms with Gasteiger partial charge < -0.3 is 24.1 Å². The van der Waals surface area contributed by atoms with E-state index in [1.54, 1.807) is 35.2 Å². The van der Waals surface area contributed by atoms with Crippen LogP contribution in [0.25, 0.3) is 10.9 Å². The van der Waals surface area contributed by atoms with Gasteiger partial charge in [-0.25, -0.2) is 4.98 Å². The number of hydrogen-bond acceptors (Lipinski definition) is 6. The van der Waals surface area contributed by atoms with Crippen LogP contribution >= 0.6 is 0 Å². The lowest BCUT2D eigenvalue weighted by molar-refractivity contribution is -0.0243. The summed E-state index contributed by atoms with van der Waals surface area (Å²) in [7, 11) is 4.76. The van der Waals surface area contributed by atoms with Gasteiger partial charge in [-0.1, -0.05) is 0 Å². The minimum absolute atomic E-state index is 0.372. The van der Waals surface area contributed by atoms with Crippen molar-refractivity contribution in [2.24, 2.45) is 0 Å². The number of pyridine rings is 1. The van der Waals surface area contributed by atoms with Gasteiger partial charge in [0.1, 0.15) is 17.4 Å². The van der Waals surface area contributed by atoms with Gasteiger partial charge in [0.15, 0.2) is 11.5 Å². The van der Waals surface area contributed by atoms with Crippen molar-refractivity contribution in [2.75, 3.05) is 21.3 Å². The number of benzene rings is 1. The molecule has 124 valence electrons. The smallest absolute Gasteiger partial charge is 0.221 e. The van der Waals surface area contributed by atoms with Gasteiger partial charge in [0.05, 0.1) is 32.5 Å². The molecule has 1 aromatic heterocycles. The summed E-state index contributed by atoms with van der Waals surface area (Å²) in [5, 5.41) is 11.1. The monoisotopic (exact) mass is 319 g/mol. The maximum atomic E-state index is 10.2. The summed E-state index contributed by atoms with van der Waals surface area (Å²) in [6, 6.07) is 3.71. The maximum absolute atomic E-state index is 10.2. The summed E-state index contributed by atoms with van der Waals surface area (Å²) < 4.78 is 22.2. The lowest BCUT2D eigenvalue weighted by Crippen LogP contribution is -2.39. The SMILES string of the molecule is COc1ccc2c(OC)c3c(nc2c1OC)O[C@H](C(C)(C)O)C3. The van der Waals surface area contributed by atoms with Gasteiger partial charge >= 0.3 is 0 Å². The second-order valence-electron chi connectivity index (χ2n) is 6.09. The molecule has 1 atom stereocenters. The highest BCUT2D eigenvalue weighted by Gasteiger charge is 2.38. The Kier molecular flexibility index (Phi) is 3.72.